The number of amides is 6. The summed E-state index contributed by atoms with van der Waals surface area (Å²) in [6.07, 6.45) is 4.93. The van der Waals surface area contributed by atoms with Crippen LogP contribution in [0.2, 0.25) is 0 Å². The number of carbonyl (C=O) groups excluding carboxylic acids is 7. The van der Waals surface area contributed by atoms with Crippen molar-refractivity contribution in [1.29, 1.82) is 0 Å². The molecule has 0 bridgehead atoms. The van der Waals surface area contributed by atoms with Gasteiger partial charge in [0.05, 0.1) is 6.04 Å². The number of imide groups is 1. The molecule has 0 radical (unpaired) electrons. The Morgan fingerprint density at radius 3 is 2.07 bits per heavy atom. The molecule has 12 heteroatoms. The van der Waals surface area contributed by atoms with Crippen LogP contribution in [0.1, 0.15) is 83.0 Å². The summed E-state index contributed by atoms with van der Waals surface area (Å²) in [5.41, 5.74) is 6.15. The van der Waals surface area contributed by atoms with Gasteiger partial charge in [-0.05, 0) is 55.9 Å². The highest BCUT2D eigenvalue weighted by atomic mass is 16.2. The van der Waals surface area contributed by atoms with E-state index in [0.29, 0.717) is 36.9 Å². The first-order chi connectivity index (χ1) is 20.8. The summed E-state index contributed by atoms with van der Waals surface area (Å²) in [6, 6.07) is 5.07. The van der Waals surface area contributed by atoms with Crippen molar-refractivity contribution in [3.63, 3.8) is 0 Å². The zero-order valence-electron chi connectivity index (χ0n) is 26.0. The van der Waals surface area contributed by atoms with E-state index in [1.54, 1.807) is 24.3 Å². The lowest BCUT2D eigenvalue weighted by molar-refractivity contribution is -0.137. The minimum Gasteiger partial charge on any atom is -0.352 e. The molecule has 2 rings (SSSR count). The van der Waals surface area contributed by atoms with Crippen molar-refractivity contribution in [3.05, 3.63) is 42.0 Å². The highest BCUT2D eigenvalue weighted by Crippen LogP contribution is 2.20. The molecule has 2 atom stereocenters. The number of hydrogen-bond donors (Lipinski definition) is 4. The predicted octanol–water partition coefficient (Wildman–Crippen LogP) is 3.11. The lowest BCUT2D eigenvalue weighted by atomic mass is 9.89. The van der Waals surface area contributed by atoms with E-state index in [9.17, 15) is 33.6 Å². The van der Waals surface area contributed by atoms with Gasteiger partial charge >= 0.3 is 6.03 Å². The van der Waals surface area contributed by atoms with Crippen molar-refractivity contribution in [1.82, 2.24) is 15.5 Å². The maximum Gasteiger partial charge on any atom is 0.312 e. The third-order valence-electron chi connectivity index (χ3n) is 7.32. The lowest BCUT2D eigenvalue weighted by Crippen LogP contribution is -2.45. The first kappa shape index (κ1) is 35.8. The van der Waals surface area contributed by atoms with E-state index in [0.717, 1.165) is 4.90 Å². The standard InChI is InChI=1S/C32H45N5O7/c1-20(2)29(36-26(39)10-6-5-7-18-37-27(40)15-16-28(37)41)25(38)19-23(9-8-17-34-32(33)44)31(43)35-24-13-11-22(12-14-24)30(42)21(3)4/h11-16,20-21,23,29H,5-10,17-19H2,1-4H3,(H,35,43)(H,36,39)(H3,33,34,44)/t23-,29-/m1/s1. The SMILES string of the molecule is CC(C)C(=O)c1ccc(NC(=O)[C@H](CCCNC(N)=O)CC(=O)[C@H](NC(=O)CCCCCN2C(=O)C=CC2=O)C(C)C)cc1. The Balaban J connectivity index is 1.96. The number of Topliss-reactive ketones (excluding diaryl/α,β-unsaturated/α-hetero) is 2. The summed E-state index contributed by atoms with van der Waals surface area (Å²) in [5.74, 6) is -2.78. The van der Waals surface area contributed by atoms with Crippen LogP contribution in [0.4, 0.5) is 10.5 Å². The zero-order chi connectivity index (χ0) is 32.8. The first-order valence-electron chi connectivity index (χ1n) is 15.1. The van der Waals surface area contributed by atoms with Gasteiger partial charge in [-0.15, -0.1) is 0 Å². The molecular formula is C32H45N5O7. The van der Waals surface area contributed by atoms with Crippen LogP contribution in [-0.4, -0.2) is 65.3 Å². The fourth-order valence-electron chi connectivity index (χ4n) is 4.80. The second kappa shape index (κ2) is 17.7. The van der Waals surface area contributed by atoms with Crippen molar-refractivity contribution in [2.75, 3.05) is 18.4 Å². The van der Waals surface area contributed by atoms with E-state index < -0.39 is 18.0 Å². The molecule has 44 heavy (non-hydrogen) atoms. The Hall–Kier alpha value is -4.35. The van der Waals surface area contributed by atoms with Gasteiger partial charge in [-0.1, -0.05) is 34.1 Å². The molecule has 0 saturated carbocycles. The minimum absolute atomic E-state index is 0.0114. The van der Waals surface area contributed by atoms with Gasteiger partial charge in [0.15, 0.2) is 11.6 Å². The van der Waals surface area contributed by atoms with Gasteiger partial charge in [0, 0.05) is 61.2 Å². The third kappa shape index (κ3) is 11.7. The summed E-state index contributed by atoms with van der Waals surface area (Å²) in [5, 5.41) is 8.10. The van der Waals surface area contributed by atoms with Crippen molar-refractivity contribution < 1.29 is 33.6 Å². The normalized spacial score (nSPS) is 14.1. The quantitative estimate of drug-likeness (QED) is 0.105. The third-order valence-corrected chi connectivity index (χ3v) is 7.32. The van der Waals surface area contributed by atoms with Crippen LogP contribution < -0.4 is 21.7 Å². The molecule has 1 aromatic carbocycles. The molecule has 1 heterocycles. The predicted molar refractivity (Wildman–Crippen MR) is 165 cm³/mol. The average Bonchev–Trinajstić information content (AvgIpc) is 3.29. The molecule has 1 aliphatic heterocycles. The van der Waals surface area contributed by atoms with Crippen molar-refractivity contribution >= 4 is 46.9 Å². The van der Waals surface area contributed by atoms with E-state index in [1.807, 2.05) is 27.7 Å². The molecule has 12 nitrogen and oxygen atoms in total. The van der Waals surface area contributed by atoms with Gasteiger partial charge in [-0.25, -0.2) is 4.79 Å². The van der Waals surface area contributed by atoms with E-state index in [4.69, 9.17) is 5.73 Å². The largest absolute Gasteiger partial charge is 0.352 e. The first-order valence-corrected chi connectivity index (χ1v) is 15.1. The van der Waals surface area contributed by atoms with Crippen LogP contribution in [0, 0.1) is 17.8 Å². The number of ketones is 2. The second-order valence-corrected chi connectivity index (χ2v) is 11.6. The molecule has 6 amide bonds. The Morgan fingerprint density at radius 2 is 1.50 bits per heavy atom. The van der Waals surface area contributed by atoms with E-state index in [1.165, 1.54) is 12.2 Å². The second-order valence-electron chi connectivity index (χ2n) is 11.6. The van der Waals surface area contributed by atoms with Gasteiger partial charge < -0.3 is 21.7 Å². The van der Waals surface area contributed by atoms with E-state index in [-0.39, 0.29) is 79.4 Å². The summed E-state index contributed by atoms with van der Waals surface area (Å²) < 4.78 is 0. The maximum absolute atomic E-state index is 13.4. The van der Waals surface area contributed by atoms with Crippen molar-refractivity contribution in [2.24, 2.45) is 23.5 Å². The van der Waals surface area contributed by atoms with E-state index >= 15 is 0 Å². The summed E-state index contributed by atoms with van der Waals surface area (Å²) in [4.78, 5) is 87.1. The average molecular weight is 612 g/mol. The number of nitrogens with two attached hydrogens (primary N) is 1. The highest BCUT2D eigenvalue weighted by Gasteiger charge is 2.29. The molecule has 1 aromatic rings. The summed E-state index contributed by atoms with van der Waals surface area (Å²) in [7, 11) is 0. The number of benzene rings is 1. The van der Waals surface area contributed by atoms with Crippen LogP contribution in [0.5, 0.6) is 0 Å². The smallest absolute Gasteiger partial charge is 0.312 e. The summed E-state index contributed by atoms with van der Waals surface area (Å²) in [6.45, 7) is 7.77. The Labute approximate surface area is 258 Å². The monoisotopic (exact) mass is 611 g/mol. The van der Waals surface area contributed by atoms with Crippen LogP contribution >= 0.6 is 0 Å². The number of nitrogens with one attached hydrogen (secondary N) is 3. The fraction of sp³-hybridized carbons (Fsp3) is 0.531. The molecule has 0 aliphatic carbocycles. The molecule has 0 fully saturated rings. The van der Waals surface area contributed by atoms with Crippen LogP contribution in [0.25, 0.3) is 0 Å². The van der Waals surface area contributed by atoms with Gasteiger partial charge in [0.1, 0.15) is 0 Å². The van der Waals surface area contributed by atoms with Crippen LogP contribution in [0.15, 0.2) is 36.4 Å². The van der Waals surface area contributed by atoms with Gasteiger partial charge in [-0.2, -0.15) is 0 Å². The molecular weight excluding hydrogens is 566 g/mol. The summed E-state index contributed by atoms with van der Waals surface area (Å²) >= 11 is 0. The van der Waals surface area contributed by atoms with Crippen molar-refractivity contribution in [2.45, 2.75) is 78.7 Å². The molecule has 0 spiro atoms. The number of anilines is 1. The van der Waals surface area contributed by atoms with Gasteiger partial charge in [0.25, 0.3) is 11.8 Å². The number of rotatable bonds is 19. The van der Waals surface area contributed by atoms with Crippen molar-refractivity contribution in [3.8, 4) is 0 Å². The lowest BCUT2D eigenvalue weighted by Gasteiger charge is -2.24. The van der Waals surface area contributed by atoms with Gasteiger partial charge in [-0.3, -0.25) is 33.7 Å². The minimum atomic E-state index is -0.797. The molecule has 0 aromatic heterocycles. The topological polar surface area (TPSA) is 185 Å². The number of unbranched alkanes of at least 4 members (excludes halogenated alkanes) is 2. The molecule has 5 N–H and O–H groups in total. The zero-order valence-corrected chi connectivity index (χ0v) is 26.0. The number of urea groups is 1. The molecule has 240 valence electrons. The van der Waals surface area contributed by atoms with Gasteiger partial charge in [0.2, 0.25) is 11.8 Å². The highest BCUT2D eigenvalue weighted by molar-refractivity contribution is 6.12. The number of hydrogen-bond acceptors (Lipinski definition) is 7. The van der Waals surface area contributed by atoms with Crippen LogP contribution in [0.3, 0.4) is 0 Å². The Bertz CT molecular complexity index is 1220. The Kier molecular flexibility index (Phi) is 14.4. The number of nitrogens with zero attached hydrogens (tertiary/aromatic N) is 1. The number of primary amides is 1. The van der Waals surface area contributed by atoms with E-state index in [2.05, 4.69) is 16.0 Å². The Morgan fingerprint density at radius 1 is 0.864 bits per heavy atom. The fourth-order valence-corrected chi connectivity index (χ4v) is 4.80. The molecule has 0 saturated heterocycles. The van der Waals surface area contributed by atoms with Crippen LogP contribution in [-0.2, 0) is 24.0 Å². The molecule has 0 unspecified atom stereocenters. The molecule has 1 aliphatic rings. The number of carbonyl (C=O) groups is 7. The maximum atomic E-state index is 13.4.